The van der Waals surface area contributed by atoms with Crippen molar-refractivity contribution in [1.82, 2.24) is 9.78 Å². The summed E-state index contributed by atoms with van der Waals surface area (Å²) >= 11 is 12.2. The number of ether oxygens (including phenoxy) is 1. The molecule has 2 aromatic rings. The Labute approximate surface area is 128 Å². The van der Waals surface area contributed by atoms with Crippen molar-refractivity contribution in [2.24, 2.45) is 12.8 Å². The molecule has 0 radical (unpaired) electrons. The number of nitrogens with two attached hydrogens (primary N) is 1. The van der Waals surface area contributed by atoms with Crippen LogP contribution in [0.3, 0.4) is 0 Å². The molecule has 0 aliphatic rings. The normalized spacial score (nSPS) is 10.8. The molecule has 0 saturated carbocycles. The highest BCUT2D eigenvalue weighted by molar-refractivity contribution is 6.30. The molecule has 1 aromatic heterocycles. The van der Waals surface area contributed by atoms with Gasteiger partial charge in [-0.05, 0) is 43.7 Å². The fourth-order valence-corrected chi connectivity index (χ4v) is 2.45. The Morgan fingerprint density at radius 1 is 1.35 bits per heavy atom. The lowest BCUT2D eigenvalue weighted by Gasteiger charge is -2.11. The third-order valence-electron chi connectivity index (χ3n) is 3.08. The average molecular weight is 314 g/mol. The predicted octanol–water partition coefficient (Wildman–Crippen LogP) is 3.12. The Hall–Kier alpha value is -1.23. The van der Waals surface area contributed by atoms with Gasteiger partial charge in [-0.2, -0.15) is 5.10 Å². The molecule has 0 aliphatic heterocycles. The minimum atomic E-state index is 0.373. The summed E-state index contributed by atoms with van der Waals surface area (Å²) in [7, 11) is 1.81. The summed E-state index contributed by atoms with van der Waals surface area (Å²) in [5.41, 5.74) is 8.36. The van der Waals surface area contributed by atoms with Gasteiger partial charge in [-0.3, -0.25) is 4.68 Å². The largest absolute Gasteiger partial charge is 0.488 e. The van der Waals surface area contributed by atoms with Gasteiger partial charge in [-0.15, -0.1) is 0 Å². The summed E-state index contributed by atoms with van der Waals surface area (Å²) in [4.78, 5) is 0. The van der Waals surface area contributed by atoms with Crippen LogP contribution in [0.1, 0.15) is 16.8 Å². The van der Waals surface area contributed by atoms with Gasteiger partial charge in [0.1, 0.15) is 17.5 Å². The van der Waals surface area contributed by atoms with E-state index in [9.17, 15) is 0 Å². The third kappa shape index (κ3) is 3.26. The molecule has 2 rings (SSSR count). The quantitative estimate of drug-likeness (QED) is 0.922. The molecule has 20 heavy (non-hydrogen) atoms. The van der Waals surface area contributed by atoms with Crippen molar-refractivity contribution in [3.8, 4) is 5.75 Å². The van der Waals surface area contributed by atoms with E-state index in [0.717, 1.165) is 29.0 Å². The number of nitrogens with zero attached hydrogens (tertiary/aromatic N) is 2. The molecule has 4 nitrogen and oxygen atoms in total. The lowest BCUT2D eigenvalue weighted by atomic mass is 10.1. The van der Waals surface area contributed by atoms with E-state index in [1.807, 2.05) is 19.1 Å². The van der Waals surface area contributed by atoms with Crippen LogP contribution in [-0.4, -0.2) is 16.3 Å². The van der Waals surface area contributed by atoms with Crippen LogP contribution >= 0.6 is 23.2 Å². The predicted molar refractivity (Wildman–Crippen MR) is 81.5 cm³/mol. The second-order valence-electron chi connectivity index (χ2n) is 4.56. The first kappa shape index (κ1) is 15.2. The van der Waals surface area contributed by atoms with Gasteiger partial charge in [0.15, 0.2) is 0 Å². The van der Waals surface area contributed by atoms with Crippen LogP contribution in [0.2, 0.25) is 10.2 Å². The Balaban J connectivity index is 2.18. The van der Waals surface area contributed by atoms with E-state index in [-0.39, 0.29) is 0 Å². The standard InChI is InChI=1S/C14H17Cl2N3O/c1-9-12(14(16)19(2)18-9)8-20-13-4-3-11(15)7-10(13)5-6-17/h3-4,7H,5-6,8,17H2,1-2H3. The zero-order chi connectivity index (χ0) is 14.7. The SMILES string of the molecule is Cc1nn(C)c(Cl)c1COc1ccc(Cl)cc1CCN. The summed E-state index contributed by atoms with van der Waals surface area (Å²) < 4.78 is 7.49. The summed E-state index contributed by atoms with van der Waals surface area (Å²) in [6.07, 6.45) is 0.718. The Morgan fingerprint density at radius 3 is 2.70 bits per heavy atom. The minimum Gasteiger partial charge on any atom is -0.488 e. The molecular formula is C14H17Cl2N3O. The van der Waals surface area contributed by atoms with Crippen molar-refractivity contribution in [3.05, 3.63) is 45.2 Å². The van der Waals surface area contributed by atoms with Crippen molar-refractivity contribution in [2.75, 3.05) is 6.54 Å². The maximum Gasteiger partial charge on any atom is 0.133 e. The topological polar surface area (TPSA) is 53.1 Å². The summed E-state index contributed by atoms with van der Waals surface area (Å²) in [6.45, 7) is 2.83. The molecule has 2 N–H and O–H groups in total. The molecule has 1 aromatic carbocycles. The second kappa shape index (κ2) is 6.48. The van der Waals surface area contributed by atoms with E-state index in [1.165, 1.54) is 0 Å². The van der Waals surface area contributed by atoms with Gasteiger partial charge in [-0.25, -0.2) is 0 Å². The first-order valence-corrected chi connectivity index (χ1v) is 7.07. The Bertz CT molecular complexity index is 611. The molecular weight excluding hydrogens is 297 g/mol. The fourth-order valence-electron chi connectivity index (χ4n) is 2.03. The van der Waals surface area contributed by atoms with E-state index in [2.05, 4.69) is 5.10 Å². The molecule has 0 amide bonds. The molecule has 0 aliphatic carbocycles. The number of rotatable bonds is 5. The highest BCUT2D eigenvalue weighted by Gasteiger charge is 2.13. The minimum absolute atomic E-state index is 0.373. The van der Waals surface area contributed by atoms with Gasteiger partial charge in [0.05, 0.1) is 5.69 Å². The maximum atomic E-state index is 6.19. The molecule has 0 saturated heterocycles. The van der Waals surface area contributed by atoms with Gasteiger partial charge < -0.3 is 10.5 Å². The molecule has 6 heteroatoms. The first-order valence-electron chi connectivity index (χ1n) is 6.32. The highest BCUT2D eigenvalue weighted by atomic mass is 35.5. The Kier molecular flexibility index (Phi) is 4.91. The van der Waals surface area contributed by atoms with Crippen LogP contribution in [0.25, 0.3) is 0 Å². The molecule has 1 heterocycles. The van der Waals surface area contributed by atoms with Crippen LogP contribution < -0.4 is 10.5 Å². The molecule has 0 unspecified atom stereocenters. The van der Waals surface area contributed by atoms with Crippen LogP contribution in [0, 0.1) is 6.92 Å². The molecule has 0 bridgehead atoms. The van der Waals surface area contributed by atoms with Gasteiger partial charge in [0.25, 0.3) is 0 Å². The monoisotopic (exact) mass is 313 g/mol. The van der Waals surface area contributed by atoms with E-state index in [0.29, 0.717) is 23.3 Å². The highest BCUT2D eigenvalue weighted by Crippen LogP contribution is 2.26. The smallest absolute Gasteiger partial charge is 0.133 e. The van der Waals surface area contributed by atoms with Crippen LogP contribution in [0.15, 0.2) is 18.2 Å². The third-order valence-corrected chi connectivity index (χ3v) is 3.79. The zero-order valence-corrected chi connectivity index (χ0v) is 13.0. The van der Waals surface area contributed by atoms with Crippen molar-refractivity contribution >= 4 is 23.2 Å². The van der Waals surface area contributed by atoms with Crippen molar-refractivity contribution in [1.29, 1.82) is 0 Å². The van der Waals surface area contributed by atoms with Gasteiger partial charge >= 0.3 is 0 Å². The van der Waals surface area contributed by atoms with Crippen molar-refractivity contribution in [3.63, 3.8) is 0 Å². The maximum absolute atomic E-state index is 6.19. The zero-order valence-electron chi connectivity index (χ0n) is 11.5. The number of aromatic nitrogens is 2. The number of hydrogen-bond donors (Lipinski definition) is 1. The summed E-state index contributed by atoms with van der Waals surface area (Å²) in [6, 6.07) is 5.53. The molecule has 0 atom stereocenters. The fraction of sp³-hybridized carbons (Fsp3) is 0.357. The number of halogens is 2. The lowest BCUT2D eigenvalue weighted by Crippen LogP contribution is -2.06. The lowest BCUT2D eigenvalue weighted by molar-refractivity contribution is 0.302. The van der Waals surface area contributed by atoms with E-state index in [4.69, 9.17) is 33.7 Å². The van der Waals surface area contributed by atoms with Crippen molar-refractivity contribution < 1.29 is 4.74 Å². The molecule has 0 spiro atoms. The Morgan fingerprint density at radius 2 is 2.10 bits per heavy atom. The summed E-state index contributed by atoms with van der Waals surface area (Å²) in [5, 5.41) is 5.53. The number of benzene rings is 1. The first-order chi connectivity index (χ1) is 9.52. The number of hydrogen-bond acceptors (Lipinski definition) is 3. The van der Waals surface area contributed by atoms with Gasteiger partial charge in [-0.1, -0.05) is 23.2 Å². The van der Waals surface area contributed by atoms with Crippen LogP contribution in [-0.2, 0) is 20.1 Å². The van der Waals surface area contributed by atoms with E-state index < -0.39 is 0 Å². The van der Waals surface area contributed by atoms with E-state index in [1.54, 1.807) is 17.8 Å². The van der Waals surface area contributed by atoms with E-state index >= 15 is 0 Å². The average Bonchev–Trinajstić information content (AvgIpc) is 2.64. The van der Waals surface area contributed by atoms with Crippen molar-refractivity contribution in [2.45, 2.75) is 20.0 Å². The molecule has 108 valence electrons. The van der Waals surface area contributed by atoms with Gasteiger partial charge in [0.2, 0.25) is 0 Å². The second-order valence-corrected chi connectivity index (χ2v) is 5.35. The van der Waals surface area contributed by atoms with Crippen LogP contribution in [0.4, 0.5) is 0 Å². The van der Waals surface area contributed by atoms with Gasteiger partial charge in [0, 0.05) is 17.6 Å². The molecule has 0 fully saturated rings. The summed E-state index contributed by atoms with van der Waals surface area (Å²) in [5.74, 6) is 0.777. The van der Waals surface area contributed by atoms with Crippen LogP contribution in [0.5, 0.6) is 5.75 Å². The number of aryl methyl sites for hydroxylation is 2.